The summed E-state index contributed by atoms with van der Waals surface area (Å²) in [5.41, 5.74) is 1.41. The van der Waals surface area contributed by atoms with Crippen molar-refractivity contribution < 1.29 is 18.9 Å². The van der Waals surface area contributed by atoms with Gasteiger partial charge in [-0.2, -0.15) is 0 Å². The first-order valence-corrected chi connectivity index (χ1v) is 7.18. The number of nitro groups is 1. The number of hydrogen-bond donors (Lipinski definition) is 0. The van der Waals surface area contributed by atoms with Crippen molar-refractivity contribution in [2.75, 3.05) is 0 Å². The zero-order chi connectivity index (χ0) is 16.9. The second-order valence-corrected chi connectivity index (χ2v) is 5.04. The van der Waals surface area contributed by atoms with Gasteiger partial charge in [-0.3, -0.25) is 10.1 Å². The van der Waals surface area contributed by atoms with Crippen molar-refractivity contribution in [3.05, 3.63) is 82.1 Å². The number of rotatable bonds is 5. The van der Waals surface area contributed by atoms with Crippen molar-refractivity contribution in [1.82, 2.24) is 0 Å². The summed E-state index contributed by atoms with van der Waals surface area (Å²) in [5.74, 6) is 0.0436. The molecule has 0 radical (unpaired) electrons. The predicted octanol–water partition coefficient (Wildman–Crippen LogP) is 4.10. The van der Waals surface area contributed by atoms with Crippen LogP contribution < -0.4 is 0 Å². The number of nitro benzene ring substituents is 1. The molecule has 0 atom stereocenters. The third kappa shape index (κ3) is 3.67. The van der Waals surface area contributed by atoms with Gasteiger partial charge in [-0.1, -0.05) is 18.2 Å². The number of fused-ring (bicyclic) bond motifs is 1. The highest BCUT2D eigenvalue weighted by Crippen LogP contribution is 2.19. The molecule has 6 nitrogen and oxygen atoms in total. The van der Waals surface area contributed by atoms with Gasteiger partial charge in [0.05, 0.1) is 4.92 Å². The van der Waals surface area contributed by atoms with Gasteiger partial charge < -0.3 is 9.15 Å². The Morgan fingerprint density at radius 2 is 1.92 bits per heavy atom. The first kappa shape index (κ1) is 15.5. The minimum Gasteiger partial charge on any atom is -0.457 e. The van der Waals surface area contributed by atoms with Crippen LogP contribution in [0, 0.1) is 10.1 Å². The molecule has 0 fully saturated rings. The second kappa shape index (κ2) is 6.78. The van der Waals surface area contributed by atoms with Gasteiger partial charge in [0.15, 0.2) is 0 Å². The molecule has 1 aromatic heterocycles. The number of hydrogen-bond acceptors (Lipinski definition) is 5. The Morgan fingerprint density at radius 3 is 2.62 bits per heavy atom. The Kier molecular flexibility index (Phi) is 4.38. The van der Waals surface area contributed by atoms with Crippen LogP contribution in [0.3, 0.4) is 0 Å². The van der Waals surface area contributed by atoms with E-state index in [9.17, 15) is 14.9 Å². The summed E-state index contributed by atoms with van der Waals surface area (Å²) in [6.45, 7) is 0.0398. The molecule has 24 heavy (non-hydrogen) atoms. The quantitative estimate of drug-likeness (QED) is 0.305. The van der Waals surface area contributed by atoms with E-state index in [2.05, 4.69) is 0 Å². The van der Waals surface area contributed by atoms with Gasteiger partial charge in [-0.15, -0.1) is 0 Å². The molecule has 0 spiro atoms. The molecular formula is C18H13NO5. The Morgan fingerprint density at radius 1 is 1.17 bits per heavy atom. The molecule has 0 saturated carbocycles. The van der Waals surface area contributed by atoms with E-state index in [1.54, 1.807) is 12.1 Å². The molecule has 0 saturated heterocycles. The van der Waals surface area contributed by atoms with E-state index < -0.39 is 10.9 Å². The predicted molar refractivity (Wildman–Crippen MR) is 88.1 cm³/mol. The molecule has 0 bridgehead atoms. The fraction of sp³-hybridized carbons (Fsp3) is 0.0556. The normalized spacial score (nSPS) is 11.0. The van der Waals surface area contributed by atoms with Crippen LogP contribution in [-0.4, -0.2) is 10.9 Å². The van der Waals surface area contributed by atoms with E-state index in [-0.39, 0.29) is 12.3 Å². The van der Waals surface area contributed by atoms with Crippen LogP contribution in [0.2, 0.25) is 0 Å². The molecular weight excluding hydrogens is 310 g/mol. The SMILES string of the molecule is O=C(/C=C/c1ccc([N+](=O)[O-])cc1)OCc1cc2ccccc2o1. The molecule has 0 aliphatic carbocycles. The minimum atomic E-state index is -0.520. The Balaban J connectivity index is 1.57. The van der Waals surface area contributed by atoms with Gasteiger partial charge >= 0.3 is 5.97 Å². The van der Waals surface area contributed by atoms with Crippen LogP contribution in [0.25, 0.3) is 17.0 Å². The van der Waals surface area contributed by atoms with Gasteiger partial charge in [0, 0.05) is 23.6 Å². The molecule has 6 heteroatoms. The zero-order valence-corrected chi connectivity index (χ0v) is 12.5. The number of para-hydroxylation sites is 1. The smallest absolute Gasteiger partial charge is 0.331 e. The second-order valence-electron chi connectivity index (χ2n) is 5.04. The summed E-state index contributed by atoms with van der Waals surface area (Å²) < 4.78 is 10.7. The van der Waals surface area contributed by atoms with Gasteiger partial charge in [-0.05, 0) is 35.9 Å². The molecule has 0 aliphatic heterocycles. The minimum absolute atomic E-state index is 0.000359. The van der Waals surface area contributed by atoms with Crippen molar-refractivity contribution in [2.24, 2.45) is 0 Å². The lowest BCUT2D eigenvalue weighted by Gasteiger charge is -1.98. The van der Waals surface area contributed by atoms with Crippen LogP contribution in [0.5, 0.6) is 0 Å². The van der Waals surface area contributed by atoms with Crippen LogP contribution in [0.1, 0.15) is 11.3 Å². The van der Waals surface area contributed by atoms with E-state index in [1.165, 1.54) is 24.3 Å². The number of esters is 1. The molecule has 0 N–H and O–H groups in total. The van der Waals surface area contributed by atoms with Crippen molar-refractivity contribution in [3.8, 4) is 0 Å². The lowest BCUT2D eigenvalue weighted by Crippen LogP contribution is -1.99. The third-order valence-electron chi connectivity index (χ3n) is 3.35. The van der Waals surface area contributed by atoms with E-state index in [0.29, 0.717) is 11.3 Å². The Bertz CT molecular complexity index is 876. The molecule has 120 valence electrons. The maximum absolute atomic E-state index is 11.7. The number of furan rings is 1. The van der Waals surface area contributed by atoms with Crippen LogP contribution >= 0.6 is 0 Å². The number of ether oxygens (including phenoxy) is 1. The highest BCUT2D eigenvalue weighted by atomic mass is 16.6. The number of non-ortho nitro benzene ring substituents is 1. The van der Waals surface area contributed by atoms with Crippen LogP contribution in [0.4, 0.5) is 5.69 Å². The van der Waals surface area contributed by atoms with Crippen molar-refractivity contribution in [1.29, 1.82) is 0 Å². The number of carbonyl (C=O) groups excluding carboxylic acids is 1. The fourth-order valence-corrected chi connectivity index (χ4v) is 2.17. The zero-order valence-electron chi connectivity index (χ0n) is 12.5. The summed E-state index contributed by atoms with van der Waals surface area (Å²) in [7, 11) is 0. The van der Waals surface area contributed by atoms with E-state index >= 15 is 0 Å². The molecule has 3 rings (SSSR count). The molecule has 0 amide bonds. The first-order chi connectivity index (χ1) is 11.6. The van der Waals surface area contributed by atoms with Crippen molar-refractivity contribution >= 4 is 28.7 Å². The summed E-state index contributed by atoms with van der Waals surface area (Å²) in [5, 5.41) is 11.5. The summed E-state index contributed by atoms with van der Waals surface area (Å²) in [6.07, 6.45) is 2.80. The van der Waals surface area contributed by atoms with Gasteiger partial charge in [0.2, 0.25) is 0 Å². The van der Waals surface area contributed by atoms with Crippen molar-refractivity contribution in [2.45, 2.75) is 6.61 Å². The van der Waals surface area contributed by atoms with Gasteiger partial charge in [0.1, 0.15) is 18.0 Å². The first-order valence-electron chi connectivity index (χ1n) is 7.18. The molecule has 3 aromatic rings. The average molecular weight is 323 g/mol. The molecule has 0 unspecified atom stereocenters. The summed E-state index contributed by atoms with van der Waals surface area (Å²) in [6, 6.07) is 15.2. The third-order valence-corrected chi connectivity index (χ3v) is 3.35. The van der Waals surface area contributed by atoms with Gasteiger partial charge in [0.25, 0.3) is 5.69 Å². The number of nitrogens with zero attached hydrogens (tertiary/aromatic N) is 1. The van der Waals surface area contributed by atoms with E-state index in [4.69, 9.17) is 9.15 Å². The van der Waals surface area contributed by atoms with Crippen LogP contribution in [0.15, 0.2) is 65.1 Å². The summed E-state index contributed by atoms with van der Waals surface area (Å²) >= 11 is 0. The van der Waals surface area contributed by atoms with Gasteiger partial charge in [-0.25, -0.2) is 4.79 Å². The standard InChI is InChI=1S/C18H13NO5/c20-18(10-7-13-5-8-15(9-6-13)19(21)22)23-12-16-11-14-3-1-2-4-17(14)24-16/h1-11H,12H2/b10-7+. The number of carbonyl (C=O) groups is 1. The fourth-order valence-electron chi connectivity index (χ4n) is 2.17. The maximum Gasteiger partial charge on any atom is 0.331 e. The van der Waals surface area contributed by atoms with E-state index in [1.807, 2.05) is 30.3 Å². The Labute approximate surface area is 137 Å². The highest BCUT2D eigenvalue weighted by molar-refractivity contribution is 5.87. The Hall–Kier alpha value is -3.41. The monoisotopic (exact) mass is 323 g/mol. The lowest BCUT2D eigenvalue weighted by molar-refractivity contribution is -0.384. The molecule has 1 heterocycles. The average Bonchev–Trinajstić information content (AvgIpc) is 3.01. The van der Waals surface area contributed by atoms with Crippen molar-refractivity contribution in [3.63, 3.8) is 0 Å². The topological polar surface area (TPSA) is 82.6 Å². The lowest BCUT2D eigenvalue weighted by atomic mass is 10.2. The molecule has 2 aromatic carbocycles. The molecule has 0 aliphatic rings. The highest BCUT2D eigenvalue weighted by Gasteiger charge is 2.06. The number of benzene rings is 2. The maximum atomic E-state index is 11.7. The van der Waals surface area contributed by atoms with E-state index in [0.717, 1.165) is 11.0 Å². The largest absolute Gasteiger partial charge is 0.457 e. The summed E-state index contributed by atoms with van der Waals surface area (Å²) in [4.78, 5) is 21.8. The van der Waals surface area contributed by atoms with Crippen LogP contribution in [-0.2, 0) is 16.1 Å².